The van der Waals surface area contributed by atoms with Crippen molar-refractivity contribution >= 4 is 12.1 Å². The Hall–Kier alpha value is -1.38. The Balaban J connectivity index is 2.23. The molecular formula is C10H10O3. The molecule has 0 N–H and O–H groups in total. The molecule has 1 saturated carbocycles. The number of hydrogen-bond donors (Lipinski definition) is 0. The summed E-state index contributed by atoms with van der Waals surface area (Å²) in [5, 5.41) is 0. The molecule has 3 heteroatoms. The van der Waals surface area contributed by atoms with E-state index in [4.69, 9.17) is 4.42 Å². The van der Waals surface area contributed by atoms with Crippen molar-refractivity contribution in [2.24, 2.45) is 5.92 Å². The highest BCUT2D eigenvalue weighted by atomic mass is 16.3. The molecule has 0 saturated heterocycles. The maximum atomic E-state index is 11.1. The van der Waals surface area contributed by atoms with Gasteiger partial charge in [-0.3, -0.25) is 4.79 Å². The number of aldehydes is 1. The largest absolute Gasteiger partial charge is 0.469 e. The Morgan fingerprint density at radius 2 is 2.31 bits per heavy atom. The van der Waals surface area contributed by atoms with Crippen LogP contribution in [0.5, 0.6) is 0 Å². The fourth-order valence-corrected chi connectivity index (χ4v) is 1.84. The predicted octanol–water partition coefficient (Wildman–Crippen LogP) is 1.54. The van der Waals surface area contributed by atoms with Crippen molar-refractivity contribution < 1.29 is 14.0 Å². The van der Waals surface area contributed by atoms with E-state index in [0.717, 1.165) is 12.0 Å². The van der Waals surface area contributed by atoms with Crippen LogP contribution in [0.1, 0.15) is 24.5 Å². The van der Waals surface area contributed by atoms with Crippen LogP contribution in [0.2, 0.25) is 0 Å². The molecule has 0 amide bonds. The monoisotopic (exact) mass is 178 g/mol. The predicted molar refractivity (Wildman–Crippen MR) is 45.2 cm³/mol. The van der Waals surface area contributed by atoms with E-state index in [2.05, 4.69) is 0 Å². The fraction of sp³-hybridized carbons (Fsp3) is 0.400. The van der Waals surface area contributed by atoms with E-state index in [9.17, 15) is 9.59 Å². The maximum Gasteiger partial charge on any atom is 0.134 e. The molecule has 1 aromatic rings. The zero-order valence-electron chi connectivity index (χ0n) is 7.10. The lowest BCUT2D eigenvalue weighted by Crippen LogP contribution is -2.05. The average Bonchev–Trinajstić information content (AvgIpc) is 2.71. The van der Waals surface area contributed by atoms with Crippen LogP contribution < -0.4 is 0 Å². The fourth-order valence-electron chi connectivity index (χ4n) is 1.84. The first-order chi connectivity index (χ1) is 6.31. The highest BCUT2D eigenvalue weighted by molar-refractivity contribution is 5.86. The lowest BCUT2D eigenvalue weighted by molar-refractivity contribution is -0.119. The van der Waals surface area contributed by atoms with Crippen LogP contribution in [-0.4, -0.2) is 12.1 Å². The van der Waals surface area contributed by atoms with Crippen LogP contribution >= 0.6 is 0 Å². The van der Waals surface area contributed by atoms with Gasteiger partial charge in [0.25, 0.3) is 0 Å². The second-order valence-corrected chi connectivity index (χ2v) is 3.37. The van der Waals surface area contributed by atoms with Gasteiger partial charge in [-0.1, -0.05) is 0 Å². The molecule has 0 aliphatic heterocycles. The van der Waals surface area contributed by atoms with Gasteiger partial charge in [0.15, 0.2) is 0 Å². The summed E-state index contributed by atoms with van der Waals surface area (Å²) in [5.41, 5.74) is 0. The summed E-state index contributed by atoms with van der Waals surface area (Å²) in [5.74, 6) is 0.695. The van der Waals surface area contributed by atoms with E-state index in [-0.39, 0.29) is 17.6 Å². The molecule has 68 valence electrons. The summed E-state index contributed by atoms with van der Waals surface area (Å²) in [4.78, 5) is 21.8. The van der Waals surface area contributed by atoms with E-state index in [1.165, 1.54) is 0 Å². The molecular weight excluding hydrogens is 168 g/mol. The zero-order valence-corrected chi connectivity index (χ0v) is 7.10. The molecule has 2 rings (SSSR count). The van der Waals surface area contributed by atoms with Crippen molar-refractivity contribution in [2.45, 2.75) is 18.8 Å². The van der Waals surface area contributed by atoms with Gasteiger partial charge in [-0.15, -0.1) is 0 Å². The molecule has 1 fully saturated rings. The Bertz CT molecular complexity index is 313. The van der Waals surface area contributed by atoms with Crippen molar-refractivity contribution in [3.05, 3.63) is 24.2 Å². The minimum atomic E-state index is -0.182. The lowest BCUT2D eigenvalue weighted by Gasteiger charge is -2.08. The first-order valence-corrected chi connectivity index (χ1v) is 4.31. The van der Waals surface area contributed by atoms with Gasteiger partial charge in [-0.2, -0.15) is 0 Å². The molecule has 0 bridgehead atoms. The topological polar surface area (TPSA) is 47.3 Å². The van der Waals surface area contributed by atoms with Crippen LogP contribution in [0.15, 0.2) is 22.8 Å². The number of carbonyl (C=O) groups is 2. The minimum absolute atomic E-state index is 0.0278. The van der Waals surface area contributed by atoms with Crippen LogP contribution in [0.25, 0.3) is 0 Å². The smallest absolute Gasteiger partial charge is 0.134 e. The van der Waals surface area contributed by atoms with Crippen LogP contribution in [-0.2, 0) is 9.59 Å². The van der Waals surface area contributed by atoms with E-state index < -0.39 is 0 Å². The van der Waals surface area contributed by atoms with Crippen LogP contribution in [0.3, 0.4) is 0 Å². The molecule has 0 unspecified atom stereocenters. The normalized spacial score (nSPS) is 27.8. The number of furan rings is 1. The van der Waals surface area contributed by atoms with Crippen LogP contribution in [0, 0.1) is 5.92 Å². The third kappa shape index (κ3) is 1.41. The van der Waals surface area contributed by atoms with E-state index in [1.807, 2.05) is 6.07 Å². The molecule has 0 aromatic carbocycles. The van der Waals surface area contributed by atoms with Crippen molar-refractivity contribution in [2.75, 3.05) is 0 Å². The molecule has 3 nitrogen and oxygen atoms in total. The van der Waals surface area contributed by atoms with Crippen LogP contribution in [0.4, 0.5) is 0 Å². The van der Waals surface area contributed by atoms with E-state index in [1.54, 1.807) is 12.3 Å². The van der Waals surface area contributed by atoms with Gasteiger partial charge in [-0.05, 0) is 12.1 Å². The van der Waals surface area contributed by atoms with E-state index >= 15 is 0 Å². The summed E-state index contributed by atoms with van der Waals surface area (Å²) in [6, 6.07) is 3.60. The Morgan fingerprint density at radius 3 is 2.92 bits per heavy atom. The highest BCUT2D eigenvalue weighted by Crippen LogP contribution is 2.36. The molecule has 2 atom stereocenters. The van der Waals surface area contributed by atoms with Gasteiger partial charge < -0.3 is 9.21 Å². The molecule has 1 aliphatic rings. The number of carbonyl (C=O) groups excluding carboxylic acids is 2. The third-order valence-electron chi connectivity index (χ3n) is 2.51. The van der Waals surface area contributed by atoms with Crippen molar-refractivity contribution in [3.8, 4) is 0 Å². The standard InChI is InChI=1S/C10H10O3/c11-6-7-4-8(12)5-9(7)10-2-1-3-13-10/h1-3,6-7,9H,4-5H2/t7-,9+/m1/s1. The summed E-state index contributed by atoms with van der Waals surface area (Å²) in [6.45, 7) is 0. The SMILES string of the molecule is O=C[C@H]1CC(=O)C[C@@H]1c1ccco1. The molecule has 0 radical (unpaired) electrons. The number of Topliss-reactive ketones (excluding diaryl/α,β-unsaturated/α-hetero) is 1. The van der Waals surface area contributed by atoms with Gasteiger partial charge in [0, 0.05) is 24.7 Å². The minimum Gasteiger partial charge on any atom is -0.469 e. The first-order valence-electron chi connectivity index (χ1n) is 4.31. The van der Waals surface area contributed by atoms with Gasteiger partial charge >= 0.3 is 0 Å². The summed E-state index contributed by atoms with van der Waals surface area (Å²) < 4.78 is 5.19. The zero-order chi connectivity index (χ0) is 9.26. The quantitative estimate of drug-likeness (QED) is 0.645. The van der Waals surface area contributed by atoms with Gasteiger partial charge in [0.1, 0.15) is 17.8 Å². The van der Waals surface area contributed by atoms with Gasteiger partial charge in [0.05, 0.1) is 6.26 Å². The second-order valence-electron chi connectivity index (χ2n) is 3.37. The molecule has 1 aromatic heterocycles. The second kappa shape index (κ2) is 3.17. The molecule has 13 heavy (non-hydrogen) atoms. The molecule has 0 spiro atoms. The lowest BCUT2D eigenvalue weighted by atomic mass is 9.95. The van der Waals surface area contributed by atoms with Gasteiger partial charge in [0.2, 0.25) is 0 Å². The summed E-state index contributed by atoms with van der Waals surface area (Å²) >= 11 is 0. The maximum absolute atomic E-state index is 11.1. The summed E-state index contributed by atoms with van der Waals surface area (Å²) in [7, 11) is 0. The number of hydrogen-bond acceptors (Lipinski definition) is 3. The van der Waals surface area contributed by atoms with Crippen molar-refractivity contribution in [1.29, 1.82) is 0 Å². The Kier molecular flexibility index (Phi) is 2.00. The highest BCUT2D eigenvalue weighted by Gasteiger charge is 2.35. The van der Waals surface area contributed by atoms with Crippen molar-refractivity contribution in [1.82, 2.24) is 0 Å². The third-order valence-corrected chi connectivity index (χ3v) is 2.51. The number of ketones is 1. The number of rotatable bonds is 2. The average molecular weight is 178 g/mol. The van der Waals surface area contributed by atoms with Crippen molar-refractivity contribution in [3.63, 3.8) is 0 Å². The Labute approximate surface area is 75.7 Å². The van der Waals surface area contributed by atoms with Gasteiger partial charge in [-0.25, -0.2) is 0 Å². The summed E-state index contributed by atoms with van der Waals surface area (Å²) in [6.07, 6.45) is 3.24. The van der Waals surface area contributed by atoms with E-state index in [0.29, 0.717) is 12.8 Å². The first kappa shape index (κ1) is 8.23. The Morgan fingerprint density at radius 1 is 1.46 bits per heavy atom. The molecule has 1 aliphatic carbocycles. The molecule has 1 heterocycles.